The highest BCUT2D eigenvalue weighted by molar-refractivity contribution is 4.80. The van der Waals surface area contributed by atoms with E-state index in [0.29, 0.717) is 6.04 Å². The molecule has 18 heavy (non-hydrogen) atoms. The number of nitrogens with zero attached hydrogens (tertiary/aromatic N) is 1. The molecule has 1 aliphatic heterocycles. The summed E-state index contributed by atoms with van der Waals surface area (Å²) in [6, 6.07) is 0.657. The first-order valence-corrected chi connectivity index (χ1v) is 7.81. The fourth-order valence-electron chi connectivity index (χ4n) is 2.68. The summed E-state index contributed by atoms with van der Waals surface area (Å²) >= 11 is 0. The van der Waals surface area contributed by atoms with Crippen LogP contribution in [0.1, 0.15) is 46.5 Å². The van der Waals surface area contributed by atoms with E-state index in [4.69, 9.17) is 4.74 Å². The van der Waals surface area contributed by atoms with Crippen molar-refractivity contribution < 1.29 is 4.74 Å². The van der Waals surface area contributed by atoms with Crippen LogP contribution in [0, 0.1) is 5.92 Å². The number of ether oxygens (including phenoxy) is 1. The minimum absolute atomic E-state index is 0.657. The van der Waals surface area contributed by atoms with Gasteiger partial charge in [0, 0.05) is 25.7 Å². The smallest absolute Gasteiger partial charge is 0.0593 e. The van der Waals surface area contributed by atoms with Gasteiger partial charge in [-0.25, -0.2) is 0 Å². The molecule has 2 unspecified atom stereocenters. The molecule has 1 aliphatic rings. The topological polar surface area (TPSA) is 24.5 Å². The van der Waals surface area contributed by atoms with Crippen molar-refractivity contribution in [3.8, 4) is 0 Å². The SMILES string of the molecule is CCCNC(C)C1CCCN(CCOCCC)C1. The fourth-order valence-corrected chi connectivity index (χ4v) is 2.68. The van der Waals surface area contributed by atoms with Crippen molar-refractivity contribution in [1.82, 2.24) is 10.2 Å². The van der Waals surface area contributed by atoms with E-state index in [1.54, 1.807) is 0 Å². The van der Waals surface area contributed by atoms with Crippen molar-refractivity contribution in [3.63, 3.8) is 0 Å². The molecule has 3 nitrogen and oxygen atoms in total. The number of piperidine rings is 1. The van der Waals surface area contributed by atoms with E-state index >= 15 is 0 Å². The summed E-state index contributed by atoms with van der Waals surface area (Å²) < 4.78 is 5.59. The highest BCUT2D eigenvalue weighted by atomic mass is 16.5. The summed E-state index contributed by atoms with van der Waals surface area (Å²) in [5, 5.41) is 3.64. The third-order valence-corrected chi connectivity index (χ3v) is 3.87. The average molecular weight is 256 g/mol. The molecule has 0 radical (unpaired) electrons. The van der Waals surface area contributed by atoms with Crippen molar-refractivity contribution in [3.05, 3.63) is 0 Å². The predicted molar refractivity (Wildman–Crippen MR) is 78.0 cm³/mol. The van der Waals surface area contributed by atoms with Crippen molar-refractivity contribution in [2.24, 2.45) is 5.92 Å². The minimum atomic E-state index is 0.657. The second-order valence-electron chi connectivity index (χ2n) is 5.56. The first-order chi connectivity index (χ1) is 8.77. The van der Waals surface area contributed by atoms with Crippen LogP contribution in [0.5, 0.6) is 0 Å². The van der Waals surface area contributed by atoms with Gasteiger partial charge in [-0.1, -0.05) is 13.8 Å². The van der Waals surface area contributed by atoms with Crippen molar-refractivity contribution >= 4 is 0 Å². The minimum Gasteiger partial charge on any atom is -0.380 e. The molecule has 3 heteroatoms. The largest absolute Gasteiger partial charge is 0.380 e. The Balaban J connectivity index is 2.18. The monoisotopic (exact) mass is 256 g/mol. The summed E-state index contributed by atoms with van der Waals surface area (Å²) in [4.78, 5) is 2.58. The Kier molecular flexibility index (Phi) is 8.64. The normalized spacial score (nSPS) is 23.2. The summed E-state index contributed by atoms with van der Waals surface area (Å²) in [5.74, 6) is 0.816. The molecule has 0 amide bonds. The van der Waals surface area contributed by atoms with Crippen LogP contribution in [-0.2, 0) is 4.74 Å². The van der Waals surface area contributed by atoms with Crippen LogP contribution in [0.15, 0.2) is 0 Å². The molecule has 0 aliphatic carbocycles. The van der Waals surface area contributed by atoms with Gasteiger partial charge in [-0.05, 0) is 51.6 Å². The Hall–Kier alpha value is -0.120. The van der Waals surface area contributed by atoms with Crippen molar-refractivity contribution in [2.45, 2.75) is 52.5 Å². The first-order valence-electron chi connectivity index (χ1n) is 7.81. The van der Waals surface area contributed by atoms with Crippen LogP contribution in [-0.4, -0.2) is 50.3 Å². The average Bonchev–Trinajstić information content (AvgIpc) is 2.41. The lowest BCUT2D eigenvalue weighted by molar-refractivity contribution is 0.0795. The van der Waals surface area contributed by atoms with E-state index in [9.17, 15) is 0 Å². The first kappa shape index (κ1) is 15.9. The van der Waals surface area contributed by atoms with Crippen LogP contribution in [0.25, 0.3) is 0 Å². The molecule has 2 atom stereocenters. The highest BCUT2D eigenvalue weighted by Gasteiger charge is 2.23. The third-order valence-electron chi connectivity index (χ3n) is 3.87. The van der Waals surface area contributed by atoms with E-state index in [0.717, 1.165) is 38.6 Å². The molecule has 1 saturated heterocycles. The van der Waals surface area contributed by atoms with Gasteiger partial charge in [0.1, 0.15) is 0 Å². The second kappa shape index (κ2) is 9.76. The van der Waals surface area contributed by atoms with Gasteiger partial charge in [0.05, 0.1) is 6.61 Å². The lowest BCUT2D eigenvalue weighted by Gasteiger charge is -2.36. The van der Waals surface area contributed by atoms with Gasteiger partial charge in [0.25, 0.3) is 0 Å². The maximum Gasteiger partial charge on any atom is 0.0593 e. The molecule has 0 aromatic rings. The number of nitrogens with one attached hydrogen (secondary N) is 1. The Bertz CT molecular complexity index is 199. The van der Waals surface area contributed by atoms with E-state index in [1.165, 1.54) is 32.4 Å². The van der Waals surface area contributed by atoms with Crippen molar-refractivity contribution in [1.29, 1.82) is 0 Å². The standard InChI is InChI=1S/C15H32N2O/c1-4-8-16-14(3)15-7-6-9-17(13-15)10-12-18-11-5-2/h14-16H,4-13H2,1-3H3. The summed E-state index contributed by atoms with van der Waals surface area (Å²) in [5.41, 5.74) is 0. The zero-order valence-electron chi connectivity index (χ0n) is 12.6. The number of hydrogen-bond donors (Lipinski definition) is 1. The molecule has 0 bridgehead atoms. The molecule has 0 aromatic heterocycles. The van der Waals surface area contributed by atoms with Crippen LogP contribution in [0.4, 0.5) is 0 Å². The van der Waals surface area contributed by atoms with E-state index < -0.39 is 0 Å². The second-order valence-corrected chi connectivity index (χ2v) is 5.56. The molecular formula is C15H32N2O. The van der Waals surface area contributed by atoms with Crippen LogP contribution >= 0.6 is 0 Å². The molecule has 0 saturated carbocycles. The zero-order chi connectivity index (χ0) is 13.2. The maximum atomic E-state index is 5.59. The number of rotatable bonds is 9. The molecule has 108 valence electrons. The zero-order valence-corrected chi connectivity index (χ0v) is 12.6. The Labute approximate surface area is 113 Å². The molecule has 1 N–H and O–H groups in total. The Morgan fingerprint density at radius 2 is 2.11 bits per heavy atom. The molecule has 0 aromatic carbocycles. The maximum absolute atomic E-state index is 5.59. The Morgan fingerprint density at radius 1 is 1.28 bits per heavy atom. The van der Waals surface area contributed by atoms with Crippen LogP contribution in [0.3, 0.4) is 0 Å². The van der Waals surface area contributed by atoms with Crippen molar-refractivity contribution in [2.75, 3.05) is 39.4 Å². The van der Waals surface area contributed by atoms with E-state index in [1.807, 2.05) is 0 Å². The number of likely N-dealkylation sites (tertiary alicyclic amines) is 1. The number of hydrogen-bond acceptors (Lipinski definition) is 3. The van der Waals surface area contributed by atoms with E-state index in [-0.39, 0.29) is 0 Å². The van der Waals surface area contributed by atoms with Crippen LogP contribution < -0.4 is 5.32 Å². The summed E-state index contributed by atoms with van der Waals surface area (Å²) in [6.45, 7) is 13.3. The van der Waals surface area contributed by atoms with Gasteiger partial charge in [0.2, 0.25) is 0 Å². The quantitative estimate of drug-likeness (QED) is 0.642. The molecule has 0 spiro atoms. The van der Waals surface area contributed by atoms with Gasteiger partial charge in [-0.2, -0.15) is 0 Å². The van der Waals surface area contributed by atoms with Gasteiger partial charge >= 0.3 is 0 Å². The Morgan fingerprint density at radius 3 is 2.83 bits per heavy atom. The lowest BCUT2D eigenvalue weighted by Crippen LogP contribution is -2.45. The highest BCUT2D eigenvalue weighted by Crippen LogP contribution is 2.19. The molecule has 1 rings (SSSR count). The van der Waals surface area contributed by atoms with Crippen LogP contribution in [0.2, 0.25) is 0 Å². The van der Waals surface area contributed by atoms with Gasteiger partial charge < -0.3 is 15.0 Å². The molecule has 1 heterocycles. The summed E-state index contributed by atoms with van der Waals surface area (Å²) in [7, 11) is 0. The predicted octanol–water partition coefficient (Wildman–Crippen LogP) is 2.51. The summed E-state index contributed by atoms with van der Waals surface area (Å²) in [6.07, 6.45) is 5.08. The lowest BCUT2D eigenvalue weighted by atomic mass is 9.91. The third kappa shape index (κ3) is 6.17. The van der Waals surface area contributed by atoms with E-state index in [2.05, 4.69) is 31.0 Å². The van der Waals surface area contributed by atoms with Gasteiger partial charge in [-0.15, -0.1) is 0 Å². The fraction of sp³-hybridized carbons (Fsp3) is 1.00. The molecular weight excluding hydrogens is 224 g/mol. The molecule has 1 fully saturated rings. The van der Waals surface area contributed by atoms with Gasteiger partial charge in [-0.3, -0.25) is 0 Å². The van der Waals surface area contributed by atoms with Gasteiger partial charge in [0.15, 0.2) is 0 Å².